The Morgan fingerprint density at radius 1 is 1.25 bits per heavy atom. The van der Waals surface area contributed by atoms with Crippen LogP contribution in [-0.2, 0) is 14.8 Å². The number of hydrogen-bond acceptors (Lipinski definition) is 3. The Kier molecular flexibility index (Phi) is 4.34. The standard InChI is InChI=1S/C7H12F3NO4S/c1-3-6(4-2,5(12)13)11-16(14,15)7(8,9)10/h11H,3-4H2,1-2H3,(H,12,13). The number of carboxylic acids is 1. The van der Waals surface area contributed by atoms with Gasteiger partial charge in [-0.2, -0.15) is 17.9 Å². The molecule has 0 heterocycles. The van der Waals surface area contributed by atoms with E-state index in [2.05, 4.69) is 0 Å². The van der Waals surface area contributed by atoms with Gasteiger partial charge in [-0.25, -0.2) is 8.42 Å². The van der Waals surface area contributed by atoms with Crippen LogP contribution in [0.25, 0.3) is 0 Å². The van der Waals surface area contributed by atoms with Crippen LogP contribution in [0, 0.1) is 0 Å². The van der Waals surface area contributed by atoms with E-state index in [1.54, 1.807) is 0 Å². The van der Waals surface area contributed by atoms with E-state index < -0.39 is 27.0 Å². The van der Waals surface area contributed by atoms with E-state index in [1.807, 2.05) is 0 Å². The average Bonchev–Trinajstić information content (AvgIpc) is 2.12. The number of alkyl halides is 3. The summed E-state index contributed by atoms with van der Waals surface area (Å²) in [5.41, 5.74) is -7.63. The number of aliphatic carboxylic acids is 1. The molecule has 96 valence electrons. The van der Waals surface area contributed by atoms with Crippen LogP contribution in [0.1, 0.15) is 26.7 Å². The lowest BCUT2D eigenvalue weighted by Crippen LogP contribution is -2.56. The predicted octanol–water partition coefficient (Wildman–Crippen LogP) is 1.07. The number of carboxylic acid groups (broad SMARTS) is 1. The van der Waals surface area contributed by atoms with E-state index >= 15 is 0 Å². The molecule has 0 atom stereocenters. The normalized spacial score (nSPS) is 13.8. The molecule has 0 amide bonds. The number of sulfonamides is 1. The highest BCUT2D eigenvalue weighted by atomic mass is 32.2. The van der Waals surface area contributed by atoms with Gasteiger partial charge in [0.1, 0.15) is 5.54 Å². The van der Waals surface area contributed by atoms with Gasteiger partial charge < -0.3 is 5.11 Å². The first kappa shape index (κ1) is 15.2. The van der Waals surface area contributed by atoms with Crippen LogP contribution < -0.4 is 4.72 Å². The van der Waals surface area contributed by atoms with E-state index in [-0.39, 0.29) is 12.8 Å². The lowest BCUT2D eigenvalue weighted by molar-refractivity contribution is -0.144. The van der Waals surface area contributed by atoms with Gasteiger partial charge >= 0.3 is 21.5 Å². The molecule has 0 spiro atoms. The Balaban J connectivity index is 5.29. The van der Waals surface area contributed by atoms with Crippen LogP contribution in [0.15, 0.2) is 0 Å². The van der Waals surface area contributed by atoms with Crippen molar-refractivity contribution in [3.8, 4) is 0 Å². The molecule has 0 aromatic rings. The van der Waals surface area contributed by atoms with Crippen molar-refractivity contribution in [2.45, 2.75) is 37.7 Å². The topological polar surface area (TPSA) is 83.5 Å². The minimum atomic E-state index is -5.66. The highest BCUT2D eigenvalue weighted by molar-refractivity contribution is 7.90. The summed E-state index contributed by atoms with van der Waals surface area (Å²) >= 11 is 0. The lowest BCUT2D eigenvalue weighted by Gasteiger charge is -2.27. The van der Waals surface area contributed by atoms with Crippen molar-refractivity contribution >= 4 is 16.0 Å². The lowest BCUT2D eigenvalue weighted by atomic mass is 9.95. The van der Waals surface area contributed by atoms with Gasteiger partial charge in [-0.15, -0.1) is 0 Å². The van der Waals surface area contributed by atoms with Crippen LogP contribution in [0.2, 0.25) is 0 Å². The summed E-state index contributed by atoms with van der Waals surface area (Å²) in [6.45, 7) is 2.58. The van der Waals surface area contributed by atoms with E-state index in [0.717, 1.165) is 0 Å². The highest BCUT2D eigenvalue weighted by Crippen LogP contribution is 2.26. The maximum Gasteiger partial charge on any atom is 0.511 e. The van der Waals surface area contributed by atoms with Crippen molar-refractivity contribution in [3.05, 3.63) is 0 Å². The summed E-state index contributed by atoms with van der Waals surface area (Å²) in [5.74, 6) is -1.63. The molecule has 0 saturated heterocycles. The maximum atomic E-state index is 12.1. The second-order valence-electron chi connectivity index (χ2n) is 3.15. The second-order valence-corrected chi connectivity index (χ2v) is 4.82. The number of halogens is 3. The zero-order chi connectivity index (χ0) is 13.2. The Labute approximate surface area is 90.7 Å². The Hall–Kier alpha value is -0.830. The van der Waals surface area contributed by atoms with Crippen molar-refractivity contribution < 1.29 is 31.5 Å². The minimum Gasteiger partial charge on any atom is -0.480 e. The van der Waals surface area contributed by atoms with Crippen LogP contribution in [0.4, 0.5) is 13.2 Å². The van der Waals surface area contributed by atoms with Crippen molar-refractivity contribution in [2.75, 3.05) is 0 Å². The van der Waals surface area contributed by atoms with E-state index in [0.29, 0.717) is 0 Å². The fourth-order valence-corrected chi connectivity index (χ4v) is 2.06. The molecule has 0 unspecified atom stereocenters. The molecule has 2 N–H and O–H groups in total. The number of hydrogen-bond donors (Lipinski definition) is 2. The van der Waals surface area contributed by atoms with Gasteiger partial charge in [-0.05, 0) is 12.8 Å². The third-order valence-corrected chi connectivity index (χ3v) is 3.52. The average molecular weight is 263 g/mol. The monoisotopic (exact) mass is 263 g/mol. The first-order valence-corrected chi connectivity index (χ1v) is 5.84. The number of nitrogens with one attached hydrogen (secondary N) is 1. The molecule has 0 rings (SSSR count). The van der Waals surface area contributed by atoms with Gasteiger partial charge in [0, 0.05) is 0 Å². The molecule has 0 saturated carbocycles. The zero-order valence-electron chi connectivity index (χ0n) is 8.63. The van der Waals surface area contributed by atoms with Crippen LogP contribution in [0.5, 0.6) is 0 Å². The fraction of sp³-hybridized carbons (Fsp3) is 0.857. The van der Waals surface area contributed by atoms with Gasteiger partial charge in [0.25, 0.3) is 0 Å². The summed E-state index contributed by atoms with van der Waals surface area (Å²) in [5, 5.41) is 8.76. The van der Waals surface area contributed by atoms with Crippen molar-refractivity contribution in [2.24, 2.45) is 0 Å². The Morgan fingerprint density at radius 3 is 1.81 bits per heavy atom. The molecular formula is C7H12F3NO4S. The second kappa shape index (κ2) is 4.58. The third kappa shape index (κ3) is 2.85. The molecule has 0 bridgehead atoms. The molecule has 16 heavy (non-hydrogen) atoms. The molecule has 0 aliphatic carbocycles. The molecule has 9 heteroatoms. The Morgan fingerprint density at radius 2 is 1.62 bits per heavy atom. The maximum absolute atomic E-state index is 12.1. The minimum absolute atomic E-state index is 0.284. The molecule has 5 nitrogen and oxygen atoms in total. The van der Waals surface area contributed by atoms with Gasteiger partial charge in [0.2, 0.25) is 0 Å². The molecule has 0 radical (unpaired) electrons. The summed E-state index contributed by atoms with van der Waals surface area (Å²) in [6.07, 6.45) is -0.567. The number of rotatable bonds is 5. The van der Waals surface area contributed by atoms with E-state index in [1.165, 1.54) is 18.6 Å². The zero-order valence-corrected chi connectivity index (χ0v) is 9.44. The molecule has 0 aliphatic rings. The van der Waals surface area contributed by atoms with Gasteiger partial charge in [0.05, 0.1) is 0 Å². The van der Waals surface area contributed by atoms with Gasteiger partial charge in [0.15, 0.2) is 0 Å². The molecular weight excluding hydrogens is 251 g/mol. The first-order valence-electron chi connectivity index (χ1n) is 4.36. The van der Waals surface area contributed by atoms with Crippen molar-refractivity contribution in [1.82, 2.24) is 4.72 Å². The third-order valence-electron chi connectivity index (χ3n) is 2.25. The summed E-state index contributed by atoms with van der Waals surface area (Å²) < 4.78 is 58.9. The van der Waals surface area contributed by atoms with Crippen molar-refractivity contribution in [1.29, 1.82) is 0 Å². The van der Waals surface area contributed by atoms with E-state index in [4.69, 9.17) is 5.11 Å². The molecule has 0 fully saturated rings. The van der Waals surface area contributed by atoms with Crippen LogP contribution >= 0.6 is 0 Å². The summed E-state index contributed by atoms with van der Waals surface area (Å²) in [4.78, 5) is 10.8. The predicted molar refractivity (Wildman–Crippen MR) is 49.1 cm³/mol. The SMILES string of the molecule is CCC(CC)(NS(=O)(=O)C(F)(F)F)C(=O)O. The smallest absolute Gasteiger partial charge is 0.480 e. The first-order chi connectivity index (χ1) is 7.02. The highest BCUT2D eigenvalue weighted by Gasteiger charge is 2.51. The Bertz CT molecular complexity index is 358. The van der Waals surface area contributed by atoms with Crippen LogP contribution in [-0.4, -0.2) is 30.5 Å². The quantitative estimate of drug-likeness (QED) is 0.777. The van der Waals surface area contributed by atoms with E-state index in [9.17, 15) is 26.4 Å². The van der Waals surface area contributed by atoms with Crippen molar-refractivity contribution in [3.63, 3.8) is 0 Å². The number of carbonyl (C=O) groups is 1. The van der Waals surface area contributed by atoms with Gasteiger partial charge in [-0.3, -0.25) is 4.79 Å². The molecule has 0 aliphatic heterocycles. The fourth-order valence-electron chi connectivity index (χ4n) is 1.06. The summed E-state index contributed by atoms with van der Waals surface area (Å²) in [7, 11) is -5.66. The largest absolute Gasteiger partial charge is 0.511 e. The summed E-state index contributed by atoms with van der Waals surface area (Å²) in [6, 6.07) is 0. The van der Waals surface area contributed by atoms with Crippen LogP contribution in [0.3, 0.4) is 0 Å². The van der Waals surface area contributed by atoms with Gasteiger partial charge in [-0.1, -0.05) is 13.8 Å². The molecule has 0 aromatic heterocycles. The molecule has 0 aromatic carbocycles.